The minimum absolute atomic E-state index is 0.311. The molecule has 1 aromatic heterocycles. The van der Waals surface area contributed by atoms with Crippen molar-refractivity contribution in [1.82, 2.24) is 10.2 Å². The molecule has 3 rings (SSSR count). The van der Waals surface area contributed by atoms with Gasteiger partial charge in [-0.25, -0.2) is 0 Å². The molecule has 2 atom stereocenters. The van der Waals surface area contributed by atoms with Crippen molar-refractivity contribution in [2.45, 2.75) is 31.5 Å². The van der Waals surface area contributed by atoms with Gasteiger partial charge in [0, 0.05) is 17.5 Å². The zero-order chi connectivity index (χ0) is 15.0. The van der Waals surface area contributed by atoms with Crippen molar-refractivity contribution in [3.63, 3.8) is 0 Å². The van der Waals surface area contributed by atoms with E-state index in [1.807, 2.05) is 6.07 Å². The molecule has 2 unspecified atom stereocenters. The number of nitrogens with zero attached hydrogens (tertiary/aromatic N) is 1. The van der Waals surface area contributed by atoms with Gasteiger partial charge in [-0.2, -0.15) is 13.2 Å². The second-order valence-electron chi connectivity index (χ2n) is 5.93. The maximum atomic E-state index is 12.4. The van der Waals surface area contributed by atoms with E-state index in [1.165, 1.54) is 15.3 Å². The van der Waals surface area contributed by atoms with Gasteiger partial charge in [0.05, 0.1) is 10.9 Å². The predicted molar refractivity (Wildman–Crippen MR) is 79.0 cm³/mol. The van der Waals surface area contributed by atoms with E-state index >= 15 is 0 Å². The molecule has 118 valence electrons. The summed E-state index contributed by atoms with van der Waals surface area (Å²) >= 11 is 7.67. The van der Waals surface area contributed by atoms with Gasteiger partial charge in [-0.3, -0.25) is 4.90 Å². The third-order valence-electron chi connectivity index (χ3n) is 4.27. The third-order valence-corrected chi connectivity index (χ3v) is 5.61. The third kappa shape index (κ3) is 3.92. The standard InChI is InChI=1S/C14H18ClF3N2S/c15-13-5-10-11(1-2-12(10)21-13)19-6-9-3-4-20(7-9)8-14(16,17)18/h5,9,11,19H,1-4,6-8H2. The van der Waals surface area contributed by atoms with Crippen LogP contribution >= 0.6 is 22.9 Å². The molecule has 1 N–H and O–H groups in total. The number of hydrogen-bond donors (Lipinski definition) is 1. The molecule has 0 saturated carbocycles. The molecule has 21 heavy (non-hydrogen) atoms. The lowest BCUT2D eigenvalue weighted by atomic mass is 10.1. The predicted octanol–water partition coefficient (Wildman–Crippen LogP) is 3.86. The number of alkyl halides is 3. The Morgan fingerprint density at radius 3 is 2.95 bits per heavy atom. The molecular formula is C14H18ClF3N2S. The summed E-state index contributed by atoms with van der Waals surface area (Å²) < 4.78 is 37.9. The van der Waals surface area contributed by atoms with E-state index in [-0.39, 0.29) is 0 Å². The van der Waals surface area contributed by atoms with Gasteiger partial charge < -0.3 is 5.32 Å². The highest BCUT2D eigenvalue weighted by molar-refractivity contribution is 7.16. The zero-order valence-corrected chi connectivity index (χ0v) is 13.1. The van der Waals surface area contributed by atoms with Crippen LogP contribution in [0.25, 0.3) is 0 Å². The molecule has 1 fully saturated rings. The van der Waals surface area contributed by atoms with Crippen LogP contribution < -0.4 is 5.32 Å². The second-order valence-corrected chi connectivity index (χ2v) is 7.70. The van der Waals surface area contributed by atoms with Gasteiger partial charge in [0.15, 0.2) is 0 Å². The molecule has 0 amide bonds. The van der Waals surface area contributed by atoms with Crippen LogP contribution in [0.2, 0.25) is 4.34 Å². The Morgan fingerprint density at radius 1 is 1.38 bits per heavy atom. The molecule has 1 aromatic rings. The van der Waals surface area contributed by atoms with Gasteiger partial charge in [0.25, 0.3) is 0 Å². The SMILES string of the molecule is FC(F)(F)CN1CCC(CNC2CCc3sc(Cl)cc32)C1. The average molecular weight is 339 g/mol. The van der Waals surface area contributed by atoms with E-state index in [1.54, 1.807) is 11.3 Å². The molecule has 0 spiro atoms. The van der Waals surface area contributed by atoms with Crippen molar-refractivity contribution in [2.24, 2.45) is 5.92 Å². The van der Waals surface area contributed by atoms with E-state index in [2.05, 4.69) is 5.32 Å². The normalized spacial score (nSPS) is 26.5. The number of likely N-dealkylation sites (tertiary alicyclic amines) is 1. The first-order valence-corrected chi connectivity index (χ1v) is 8.41. The van der Waals surface area contributed by atoms with E-state index in [0.29, 0.717) is 25.0 Å². The van der Waals surface area contributed by atoms with Gasteiger partial charge in [-0.05, 0) is 49.9 Å². The molecule has 2 aliphatic rings. The Bertz CT molecular complexity index is 503. The molecule has 1 aliphatic heterocycles. The summed E-state index contributed by atoms with van der Waals surface area (Å²) in [5.74, 6) is 0.311. The summed E-state index contributed by atoms with van der Waals surface area (Å²) in [7, 11) is 0. The van der Waals surface area contributed by atoms with Crippen molar-refractivity contribution >= 4 is 22.9 Å². The fourth-order valence-electron chi connectivity index (χ4n) is 3.33. The number of fused-ring (bicyclic) bond motifs is 1. The Hall–Kier alpha value is -0.300. The van der Waals surface area contributed by atoms with Crippen LogP contribution in [0.1, 0.15) is 29.3 Å². The van der Waals surface area contributed by atoms with Gasteiger partial charge in [0.2, 0.25) is 0 Å². The van der Waals surface area contributed by atoms with Crippen LogP contribution in [0.5, 0.6) is 0 Å². The molecule has 1 aliphatic carbocycles. The molecular weight excluding hydrogens is 321 g/mol. The number of rotatable bonds is 4. The fraction of sp³-hybridized carbons (Fsp3) is 0.714. The number of nitrogens with one attached hydrogen (secondary N) is 1. The molecule has 2 nitrogen and oxygen atoms in total. The minimum Gasteiger partial charge on any atom is -0.310 e. The van der Waals surface area contributed by atoms with Gasteiger partial charge in [0.1, 0.15) is 0 Å². The first kappa shape index (κ1) is 15.6. The summed E-state index contributed by atoms with van der Waals surface area (Å²) in [4.78, 5) is 2.86. The summed E-state index contributed by atoms with van der Waals surface area (Å²) in [5, 5.41) is 3.52. The molecule has 1 saturated heterocycles. The maximum Gasteiger partial charge on any atom is 0.401 e. The largest absolute Gasteiger partial charge is 0.401 e. The molecule has 2 heterocycles. The Balaban J connectivity index is 1.47. The van der Waals surface area contributed by atoms with E-state index < -0.39 is 12.7 Å². The summed E-state index contributed by atoms with van der Waals surface area (Å²) in [6, 6.07) is 2.34. The van der Waals surface area contributed by atoms with E-state index in [0.717, 1.165) is 30.1 Å². The summed E-state index contributed by atoms with van der Waals surface area (Å²) in [6.07, 6.45) is -1.13. The van der Waals surface area contributed by atoms with Gasteiger partial charge >= 0.3 is 6.18 Å². The zero-order valence-electron chi connectivity index (χ0n) is 11.5. The minimum atomic E-state index is -4.09. The van der Waals surface area contributed by atoms with Gasteiger partial charge in [-0.1, -0.05) is 11.6 Å². The Labute approximate surface area is 131 Å². The van der Waals surface area contributed by atoms with Crippen molar-refractivity contribution in [2.75, 3.05) is 26.2 Å². The Morgan fingerprint density at radius 2 is 2.19 bits per heavy atom. The van der Waals surface area contributed by atoms with Crippen LogP contribution in [-0.2, 0) is 6.42 Å². The number of aryl methyl sites for hydroxylation is 1. The summed E-state index contributed by atoms with van der Waals surface area (Å²) in [6.45, 7) is 1.09. The van der Waals surface area contributed by atoms with Crippen LogP contribution in [0.3, 0.4) is 0 Å². The average Bonchev–Trinajstić information content (AvgIpc) is 3.01. The molecule has 0 radical (unpaired) electrons. The van der Waals surface area contributed by atoms with Crippen molar-refractivity contribution in [3.8, 4) is 0 Å². The highest BCUT2D eigenvalue weighted by Crippen LogP contribution is 2.39. The molecule has 0 aromatic carbocycles. The topological polar surface area (TPSA) is 15.3 Å². The number of halogens is 4. The Kier molecular flexibility index (Phi) is 4.50. The first-order chi connectivity index (χ1) is 9.90. The van der Waals surface area contributed by atoms with Crippen LogP contribution in [0.15, 0.2) is 6.07 Å². The molecule has 7 heteroatoms. The smallest absolute Gasteiger partial charge is 0.310 e. The van der Waals surface area contributed by atoms with Gasteiger partial charge in [-0.15, -0.1) is 11.3 Å². The fourth-order valence-corrected chi connectivity index (χ4v) is 4.68. The maximum absolute atomic E-state index is 12.4. The van der Waals surface area contributed by atoms with Crippen LogP contribution in [-0.4, -0.2) is 37.3 Å². The van der Waals surface area contributed by atoms with E-state index in [9.17, 15) is 13.2 Å². The van der Waals surface area contributed by atoms with Crippen LogP contribution in [0, 0.1) is 5.92 Å². The summed E-state index contributed by atoms with van der Waals surface area (Å²) in [5.41, 5.74) is 1.29. The lowest BCUT2D eigenvalue weighted by molar-refractivity contribution is -0.143. The lowest BCUT2D eigenvalue weighted by Crippen LogP contribution is -2.34. The lowest BCUT2D eigenvalue weighted by Gasteiger charge is -2.19. The quantitative estimate of drug-likeness (QED) is 0.896. The van der Waals surface area contributed by atoms with Crippen molar-refractivity contribution in [1.29, 1.82) is 0 Å². The van der Waals surface area contributed by atoms with Crippen LogP contribution in [0.4, 0.5) is 13.2 Å². The van der Waals surface area contributed by atoms with Crippen molar-refractivity contribution < 1.29 is 13.2 Å². The number of thiophene rings is 1. The molecule has 0 bridgehead atoms. The number of hydrogen-bond acceptors (Lipinski definition) is 3. The highest BCUT2D eigenvalue weighted by atomic mass is 35.5. The van der Waals surface area contributed by atoms with E-state index in [4.69, 9.17) is 11.6 Å². The monoisotopic (exact) mass is 338 g/mol. The first-order valence-electron chi connectivity index (χ1n) is 7.21. The highest BCUT2D eigenvalue weighted by Gasteiger charge is 2.34. The second kappa shape index (κ2) is 6.07. The van der Waals surface area contributed by atoms with Crippen molar-refractivity contribution in [3.05, 3.63) is 20.8 Å².